The maximum atomic E-state index is 5.69. The third kappa shape index (κ3) is 2.93. The number of likely N-dealkylation sites (N-methyl/N-ethyl adjacent to an activating group) is 1. The van der Waals surface area contributed by atoms with E-state index in [2.05, 4.69) is 56.5 Å². The largest absolute Gasteiger partial charge is 0.379 e. The van der Waals surface area contributed by atoms with E-state index in [-0.39, 0.29) is 0 Å². The van der Waals surface area contributed by atoms with Gasteiger partial charge in [0, 0.05) is 18.1 Å². The fraction of sp³-hybridized carbons (Fsp3) is 0.625. The van der Waals surface area contributed by atoms with Gasteiger partial charge in [-0.15, -0.1) is 0 Å². The van der Waals surface area contributed by atoms with E-state index >= 15 is 0 Å². The van der Waals surface area contributed by atoms with Crippen molar-refractivity contribution in [2.75, 3.05) is 13.7 Å². The first-order valence-corrected chi connectivity index (χ1v) is 7.03. The Labute approximate surface area is 111 Å². The van der Waals surface area contributed by atoms with Gasteiger partial charge in [-0.2, -0.15) is 0 Å². The Hall–Kier alpha value is -0.860. The van der Waals surface area contributed by atoms with Gasteiger partial charge in [-0.25, -0.2) is 0 Å². The molecule has 0 aliphatic heterocycles. The summed E-state index contributed by atoms with van der Waals surface area (Å²) in [6.45, 7) is 5.04. The van der Waals surface area contributed by atoms with Crippen LogP contribution in [0.3, 0.4) is 0 Å². The van der Waals surface area contributed by atoms with Crippen LogP contribution in [0.1, 0.15) is 38.7 Å². The van der Waals surface area contributed by atoms with Crippen LogP contribution in [0.5, 0.6) is 0 Å². The minimum absolute atomic E-state index is 0.328. The second kappa shape index (κ2) is 5.85. The Kier molecular flexibility index (Phi) is 4.41. The average Bonchev–Trinajstić information content (AvgIpc) is 3.17. The van der Waals surface area contributed by atoms with Gasteiger partial charge >= 0.3 is 0 Å². The minimum atomic E-state index is 0.328. The van der Waals surface area contributed by atoms with Crippen molar-refractivity contribution in [1.82, 2.24) is 5.32 Å². The predicted molar refractivity (Wildman–Crippen MR) is 75.9 cm³/mol. The van der Waals surface area contributed by atoms with Crippen LogP contribution in [0.25, 0.3) is 0 Å². The molecule has 0 bridgehead atoms. The second-order valence-electron chi connectivity index (χ2n) is 5.57. The molecule has 1 aliphatic carbocycles. The molecule has 0 heterocycles. The molecule has 1 aliphatic rings. The number of nitrogens with one attached hydrogen (secondary N) is 1. The molecule has 0 saturated heterocycles. The van der Waals surface area contributed by atoms with Gasteiger partial charge in [0.25, 0.3) is 0 Å². The molecule has 0 amide bonds. The zero-order chi connectivity index (χ0) is 13.0. The Bertz CT molecular complexity index is 357. The second-order valence-corrected chi connectivity index (χ2v) is 5.57. The van der Waals surface area contributed by atoms with Crippen molar-refractivity contribution in [2.45, 2.75) is 50.7 Å². The molecule has 0 aromatic heterocycles. The minimum Gasteiger partial charge on any atom is -0.379 e. The highest BCUT2D eigenvalue weighted by Crippen LogP contribution is 2.51. The molecule has 1 atom stereocenters. The molecular weight excluding hydrogens is 222 g/mol. The summed E-state index contributed by atoms with van der Waals surface area (Å²) in [4.78, 5) is 0. The van der Waals surface area contributed by atoms with Crippen molar-refractivity contribution in [3.63, 3.8) is 0 Å². The van der Waals surface area contributed by atoms with E-state index in [0.29, 0.717) is 17.6 Å². The summed E-state index contributed by atoms with van der Waals surface area (Å²) in [5.41, 5.74) is 1.84. The smallest absolute Gasteiger partial charge is 0.0518 e. The normalized spacial score (nSPS) is 18.9. The first-order valence-electron chi connectivity index (χ1n) is 7.03. The summed E-state index contributed by atoms with van der Waals surface area (Å²) < 4.78 is 5.69. The highest BCUT2D eigenvalue weighted by Gasteiger charge is 2.49. The van der Waals surface area contributed by atoms with Gasteiger partial charge < -0.3 is 10.1 Å². The van der Waals surface area contributed by atoms with E-state index in [1.807, 2.05) is 0 Å². The molecule has 1 fully saturated rings. The Morgan fingerprint density at radius 2 is 1.89 bits per heavy atom. The highest BCUT2D eigenvalue weighted by molar-refractivity contribution is 5.33. The Morgan fingerprint density at radius 1 is 1.22 bits per heavy atom. The van der Waals surface area contributed by atoms with Crippen molar-refractivity contribution < 1.29 is 4.74 Å². The molecule has 2 rings (SSSR count). The molecule has 1 aromatic carbocycles. The third-order valence-corrected chi connectivity index (χ3v) is 4.01. The highest BCUT2D eigenvalue weighted by atomic mass is 16.5. The van der Waals surface area contributed by atoms with Gasteiger partial charge in [0.1, 0.15) is 0 Å². The predicted octanol–water partition coefficient (Wildman–Crippen LogP) is 3.12. The molecular formula is C16H25NO. The van der Waals surface area contributed by atoms with Gasteiger partial charge in [-0.05, 0) is 45.7 Å². The zero-order valence-electron chi connectivity index (χ0n) is 11.8. The van der Waals surface area contributed by atoms with E-state index < -0.39 is 0 Å². The molecule has 2 nitrogen and oxygen atoms in total. The lowest BCUT2D eigenvalue weighted by Crippen LogP contribution is -2.39. The van der Waals surface area contributed by atoms with Gasteiger partial charge in [0.15, 0.2) is 0 Å². The summed E-state index contributed by atoms with van der Waals surface area (Å²) in [6, 6.07) is 11.4. The zero-order valence-corrected chi connectivity index (χ0v) is 11.8. The molecule has 1 N–H and O–H groups in total. The fourth-order valence-corrected chi connectivity index (χ4v) is 2.86. The monoisotopic (exact) mass is 247 g/mol. The van der Waals surface area contributed by atoms with Gasteiger partial charge in [0.2, 0.25) is 0 Å². The summed E-state index contributed by atoms with van der Waals surface area (Å²) in [5, 5.41) is 3.50. The van der Waals surface area contributed by atoms with Crippen LogP contribution >= 0.6 is 0 Å². The Morgan fingerprint density at radius 3 is 2.39 bits per heavy atom. The van der Waals surface area contributed by atoms with Crippen molar-refractivity contribution in [2.24, 2.45) is 0 Å². The van der Waals surface area contributed by atoms with Crippen LogP contribution in [0.4, 0.5) is 0 Å². The standard InChI is InChI=1S/C16H25NO/c1-13(2)18-12-9-15(17-3)16(10-11-16)14-7-5-4-6-8-14/h4-8,13,15,17H,9-12H2,1-3H3. The Balaban J connectivity index is 1.99. The average molecular weight is 247 g/mol. The summed E-state index contributed by atoms with van der Waals surface area (Å²) in [5.74, 6) is 0. The molecule has 1 aromatic rings. The van der Waals surface area contributed by atoms with Gasteiger partial charge in [0.05, 0.1) is 6.10 Å². The van der Waals surface area contributed by atoms with Gasteiger partial charge in [-0.3, -0.25) is 0 Å². The van der Waals surface area contributed by atoms with Crippen molar-refractivity contribution >= 4 is 0 Å². The van der Waals surface area contributed by atoms with Crippen LogP contribution < -0.4 is 5.32 Å². The van der Waals surface area contributed by atoms with Crippen molar-refractivity contribution in [3.8, 4) is 0 Å². The topological polar surface area (TPSA) is 21.3 Å². The third-order valence-electron chi connectivity index (χ3n) is 4.01. The van der Waals surface area contributed by atoms with Crippen LogP contribution in [0.2, 0.25) is 0 Å². The molecule has 1 saturated carbocycles. The van der Waals surface area contributed by atoms with Crippen LogP contribution in [0, 0.1) is 0 Å². The quantitative estimate of drug-likeness (QED) is 0.799. The van der Waals surface area contributed by atoms with Crippen LogP contribution in [0.15, 0.2) is 30.3 Å². The molecule has 2 heteroatoms. The fourth-order valence-electron chi connectivity index (χ4n) is 2.86. The maximum Gasteiger partial charge on any atom is 0.0518 e. The number of benzene rings is 1. The first kappa shape index (κ1) is 13.6. The summed E-state index contributed by atoms with van der Waals surface area (Å²) >= 11 is 0. The lowest BCUT2D eigenvalue weighted by atomic mass is 9.86. The summed E-state index contributed by atoms with van der Waals surface area (Å²) in [7, 11) is 2.07. The molecule has 18 heavy (non-hydrogen) atoms. The number of ether oxygens (including phenoxy) is 1. The lowest BCUT2D eigenvalue weighted by molar-refractivity contribution is 0.0694. The molecule has 0 spiro atoms. The van der Waals surface area contributed by atoms with E-state index in [0.717, 1.165) is 13.0 Å². The van der Waals surface area contributed by atoms with Crippen molar-refractivity contribution in [1.29, 1.82) is 0 Å². The maximum absolute atomic E-state index is 5.69. The first-order chi connectivity index (χ1) is 8.69. The van der Waals surface area contributed by atoms with Crippen molar-refractivity contribution in [3.05, 3.63) is 35.9 Å². The SMILES string of the molecule is CNC(CCOC(C)C)C1(c2ccccc2)CC1. The molecule has 0 radical (unpaired) electrons. The summed E-state index contributed by atoms with van der Waals surface area (Å²) in [6.07, 6.45) is 4.01. The van der Waals surface area contributed by atoms with E-state index in [1.165, 1.54) is 18.4 Å². The molecule has 100 valence electrons. The van der Waals surface area contributed by atoms with E-state index in [1.54, 1.807) is 0 Å². The lowest BCUT2D eigenvalue weighted by Gasteiger charge is -2.27. The number of hydrogen-bond acceptors (Lipinski definition) is 2. The van der Waals surface area contributed by atoms with Crippen LogP contribution in [-0.2, 0) is 10.2 Å². The van der Waals surface area contributed by atoms with E-state index in [4.69, 9.17) is 4.74 Å². The van der Waals surface area contributed by atoms with Crippen LogP contribution in [-0.4, -0.2) is 25.8 Å². The molecule has 1 unspecified atom stereocenters. The van der Waals surface area contributed by atoms with E-state index in [9.17, 15) is 0 Å². The number of hydrogen-bond donors (Lipinski definition) is 1. The number of rotatable bonds is 7. The van der Waals surface area contributed by atoms with Gasteiger partial charge in [-0.1, -0.05) is 30.3 Å².